The van der Waals surface area contributed by atoms with E-state index >= 15 is 0 Å². The van der Waals surface area contributed by atoms with Gasteiger partial charge in [0.05, 0.1) is 16.7 Å². The van der Waals surface area contributed by atoms with Gasteiger partial charge in [-0.3, -0.25) is 9.97 Å². The standard InChI is InChI=1S/C18H19N5S/c1-2-6-16-15(5-1)21-17(23-10-3-4-11-23)18(22-16)24-12-7-14-13-19-8-9-20-14/h1-2,5-6,8-9,13H,3-4,7,10-12H2. The van der Waals surface area contributed by atoms with Crippen molar-refractivity contribution in [3.63, 3.8) is 0 Å². The molecule has 1 saturated heterocycles. The highest BCUT2D eigenvalue weighted by atomic mass is 32.2. The number of para-hydroxylation sites is 2. The third kappa shape index (κ3) is 3.33. The Morgan fingerprint density at radius 1 is 1.00 bits per heavy atom. The number of hydrogen-bond donors (Lipinski definition) is 0. The van der Waals surface area contributed by atoms with Crippen molar-refractivity contribution in [2.75, 3.05) is 23.7 Å². The lowest BCUT2D eigenvalue weighted by molar-refractivity contribution is 0.901. The van der Waals surface area contributed by atoms with Crippen LogP contribution in [0.25, 0.3) is 11.0 Å². The molecule has 4 rings (SSSR count). The molecular formula is C18H19N5S. The summed E-state index contributed by atoms with van der Waals surface area (Å²) in [6.07, 6.45) is 8.62. The van der Waals surface area contributed by atoms with Crippen molar-refractivity contribution in [1.82, 2.24) is 19.9 Å². The number of anilines is 1. The van der Waals surface area contributed by atoms with Crippen molar-refractivity contribution in [2.45, 2.75) is 24.3 Å². The van der Waals surface area contributed by atoms with E-state index in [0.29, 0.717) is 0 Å². The number of aryl methyl sites for hydroxylation is 1. The van der Waals surface area contributed by atoms with E-state index in [9.17, 15) is 0 Å². The Morgan fingerprint density at radius 3 is 2.54 bits per heavy atom. The van der Waals surface area contributed by atoms with Crippen LogP contribution in [0.15, 0.2) is 47.9 Å². The van der Waals surface area contributed by atoms with Gasteiger partial charge in [0.2, 0.25) is 0 Å². The van der Waals surface area contributed by atoms with Gasteiger partial charge in [0.15, 0.2) is 5.82 Å². The molecule has 1 fully saturated rings. The Labute approximate surface area is 145 Å². The number of rotatable bonds is 5. The van der Waals surface area contributed by atoms with Crippen molar-refractivity contribution in [2.24, 2.45) is 0 Å². The molecule has 0 atom stereocenters. The minimum atomic E-state index is 0.881. The molecule has 6 heteroatoms. The van der Waals surface area contributed by atoms with Crippen molar-refractivity contribution in [1.29, 1.82) is 0 Å². The van der Waals surface area contributed by atoms with Crippen LogP contribution in [0.3, 0.4) is 0 Å². The summed E-state index contributed by atoms with van der Waals surface area (Å²) < 4.78 is 0. The highest BCUT2D eigenvalue weighted by Gasteiger charge is 2.19. The molecular weight excluding hydrogens is 318 g/mol. The second-order valence-corrected chi connectivity index (χ2v) is 6.91. The molecule has 0 N–H and O–H groups in total. The van der Waals surface area contributed by atoms with Gasteiger partial charge in [-0.1, -0.05) is 12.1 Å². The van der Waals surface area contributed by atoms with Crippen LogP contribution in [0.5, 0.6) is 0 Å². The lowest BCUT2D eigenvalue weighted by Gasteiger charge is -2.19. The molecule has 0 unspecified atom stereocenters. The Bertz CT molecular complexity index is 818. The van der Waals surface area contributed by atoms with Crippen LogP contribution in [0.2, 0.25) is 0 Å². The summed E-state index contributed by atoms with van der Waals surface area (Å²) >= 11 is 1.76. The molecule has 3 aromatic rings. The van der Waals surface area contributed by atoms with Crippen LogP contribution < -0.4 is 4.90 Å². The molecule has 122 valence electrons. The molecule has 2 aromatic heterocycles. The Morgan fingerprint density at radius 2 is 1.79 bits per heavy atom. The molecule has 1 aliphatic rings. The van der Waals surface area contributed by atoms with Crippen LogP contribution in [0.4, 0.5) is 5.82 Å². The number of thioether (sulfide) groups is 1. The van der Waals surface area contributed by atoms with Crippen LogP contribution in [-0.4, -0.2) is 38.8 Å². The quantitative estimate of drug-likeness (QED) is 0.666. The summed E-state index contributed by atoms with van der Waals surface area (Å²) in [6, 6.07) is 8.10. The summed E-state index contributed by atoms with van der Waals surface area (Å²) in [5.74, 6) is 1.96. The number of aromatic nitrogens is 4. The van der Waals surface area contributed by atoms with E-state index < -0.39 is 0 Å². The van der Waals surface area contributed by atoms with E-state index in [1.165, 1.54) is 12.8 Å². The third-order valence-corrected chi connectivity index (χ3v) is 5.10. The first-order chi connectivity index (χ1) is 11.9. The third-order valence-electron chi connectivity index (χ3n) is 4.14. The first kappa shape index (κ1) is 15.3. The van der Waals surface area contributed by atoms with Gasteiger partial charge in [-0.25, -0.2) is 9.97 Å². The molecule has 1 aliphatic heterocycles. The van der Waals surface area contributed by atoms with Crippen LogP contribution in [0.1, 0.15) is 18.5 Å². The second kappa shape index (κ2) is 7.13. The average molecular weight is 337 g/mol. The maximum atomic E-state index is 4.90. The minimum Gasteiger partial charge on any atom is -0.354 e. The highest BCUT2D eigenvalue weighted by molar-refractivity contribution is 7.99. The maximum absolute atomic E-state index is 4.90. The van der Waals surface area contributed by atoms with Crippen molar-refractivity contribution in [3.05, 3.63) is 48.5 Å². The predicted octanol–water partition coefficient (Wildman–Crippen LogP) is 3.35. The molecule has 0 amide bonds. The first-order valence-electron chi connectivity index (χ1n) is 8.29. The topological polar surface area (TPSA) is 54.8 Å². The van der Waals surface area contributed by atoms with Gasteiger partial charge in [0.25, 0.3) is 0 Å². The highest BCUT2D eigenvalue weighted by Crippen LogP contribution is 2.31. The largest absolute Gasteiger partial charge is 0.354 e. The van der Waals surface area contributed by atoms with Crippen LogP contribution in [-0.2, 0) is 6.42 Å². The zero-order chi connectivity index (χ0) is 16.2. The lowest BCUT2D eigenvalue weighted by atomic mass is 10.3. The number of benzene rings is 1. The normalized spacial score (nSPS) is 14.4. The summed E-state index contributed by atoms with van der Waals surface area (Å²) in [6.45, 7) is 2.15. The number of nitrogens with zero attached hydrogens (tertiary/aromatic N) is 5. The monoisotopic (exact) mass is 337 g/mol. The Hall–Kier alpha value is -2.21. The fourth-order valence-electron chi connectivity index (χ4n) is 2.92. The van der Waals surface area contributed by atoms with E-state index in [4.69, 9.17) is 9.97 Å². The molecule has 24 heavy (non-hydrogen) atoms. The zero-order valence-electron chi connectivity index (χ0n) is 13.4. The molecule has 0 spiro atoms. The van der Waals surface area contributed by atoms with Crippen LogP contribution >= 0.6 is 11.8 Å². The number of fused-ring (bicyclic) bond motifs is 1. The first-order valence-corrected chi connectivity index (χ1v) is 9.28. The van der Waals surface area contributed by atoms with Gasteiger partial charge in [0.1, 0.15) is 5.03 Å². The van der Waals surface area contributed by atoms with Gasteiger partial charge in [-0.2, -0.15) is 0 Å². The van der Waals surface area contributed by atoms with E-state index in [1.54, 1.807) is 24.2 Å². The summed E-state index contributed by atoms with van der Waals surface area (Å²) in [7, 11) is 0. The number of hydrogen-bond acceptors (Lipinski definition) is 6. The van der Waals surface area contributed by atoms with Crippen molar-refractivity contribution < 1.29 is 0 Å². The maximum Gasteiger partial charge on any atom is 0.161 e. The van der Waals surface area contributed by atoms with E-state index in [-0.39, 0.29) is 0 Å². The van der Waals surface area contributed by atoms with E-state index in [2.05, 4.69) is 14.9 Å². The molecule has 0 radical (unpaired) electrons. The minimum absolute atomic E-state index is 0.881. The van der Waals surface area contributed by atoms with E-state index in [1.807, 2.05) is 30.5 Å². The Balaban J connectivity index is 1.58. The molecule has 0 bridgehead atoms. The van der Waals surface area contributed by atoms with Crippen molar-refractivity contribution >= 4 is 28.6 Å². The fraction of sp³-hybridized carbons (Fsp3) is 0.333. The van der Waals surface area contributed by atoms with Crippen LogP contribution in [0, 0.1) is 0 Å². The van der Waals surface area contributed by atoms with Gasteiger partial charge in [-0.15, -0.1) is 11.8 Å². The average Bonchev–Trinajstić information content (AvgIpc) is 3.16. The van der Waals surface area contributed by atoms with Gasteiger partial charge in [0, 0.05) is 43.9 Å². The van der Waals surface area contributed by atoms with Crippen molar-refractivity contribution in [3.8, 4) is 0 Å². The lowest BCUT2D eigenvalue weighted by Crippen LogP contribution is -2.20. The van der Waals surface area contributed by atoms with Gasteiger partial charge >= 0.3 is 0 Å². The molecule has 0 aliphatic carbocycles. The summed E-state index contributed by atoms with van der Waals surface area (Å²) in [5.41, 5.74) is 2.95. The van der Waals surface area contributed by atoms with Gasteiger partial charge in [-0.05, 0) is 25.0 Å². The molecule has 1 aromatic carbocycles. The molecule has 5 nitrogen and oxygen atoms in total. The fourth-order valence-corrected chi connectivity index (χ4v) is 3.89. The molecule has 0 saturated carbocycles. The SMILES string of the molecule is c1ccc2nc(N3CCCC3)c(SCCc3cnccn3)nc2c1. The summed E-state index contributed by atoms with van der Waals surface area (Å²) in [4.78, 5) is 20.6. The smallest absolute Gasteiger partial charge is 0.161 e. The summed E-state index contributed by atoms with van der Waals surface area (Å²) in [5, 5.41) is 1.03. The zero-order valence-corrected chi connectivity index (χ0v) is 14.2. The Kier molecular flexibility index (Phi) is 4.55. The second-order valence-electron chi connectivity index (χ2n) is 5.83. The molecule has 3 heterocycles. The van der Waals surface area contributed by atoms with Gasteiger partial charge < -0.3 is 4.90 Å². The predicted molar refractivity (Wildman–Crippen MR) is 97.4 cm³/mol. The van der Waals surface area contributed by atoms with E-state index in [0.717, 1.165) is 52.8 Å².